The number of amides is 1. The quantitative estimate of drug-likeness (QED) is 0.780. The number of thioether (sulfide) groups is 1. The Kier molecular flexibility index (Phi) is 5.58. The van der Waals surface area contributed by atoms with Crippen LogP contribution in [0.3, 0.4) is 0 Å². The van der Waals surface area contributed by atoms with Crippen molar-refractivity contribution in [2.24, 2.45) is 0 Å². The molecule has 0 spiro atoms. The van der Waals surface area contributed by atoms with Gasteiger partial charge in [0, 0.05) is 18.1 Å². The predicted octanol–water partition coefficient (Wildman–Crippen LogP) is 3.74. The van der Waals surface area contributed by atoms with E-state index in [0.29, 0.717) is 11.6 Å². The number of ketones is 1. The lowest BCUT2D eigenvalue weighted by molar-refractivity contribution is -0.139. The van der Waals surface area contributed by atoms with Gasteiger partial charge in [0.05, 0.1) is 12.3 Å². The molecule has 1 heterocycles. The Morgan fingerprint density at radius 1 is 1.00 bits per heavy atom. The van der Waals surface area contributed by atoms with Gasteiger partial charge in [0.25, 0.3) is 0 Å². The molecular formula is C22H21NO5S. The summed E-state index contributed by atoms with van der Waals surface area (Å²) < 4.78 is 5.63. The number of carboxylic acid groups (broad SMARTS) is 1. The van der Waals surface area contributed by atoms with Gasteiger partial charge in [-0.1, -0.05) is 48.5 Å². The Bertz CT molecular complexity index is 914. The van der Waals surface area contributed by atoms with Gasteiger partial charge in [0.2, 0.25) is 0 Å². The van der Waals surface area contributed by atoms with Crippen molar-refractivity contribution < 1.29 is 24.2 Å². The summed E-state index contributed by atoms with van der Waals surface area (Å²) in [5, 5.41) is 8.78. The van der Waals surface area contributed by atoms with Crippen LogP contribution < -0.4 is 0 Å². The van der Waals surface area contributed by atoms with Gasteiger partial charge in [-0.05, 0) is 22.3 Å². The number of ether oxygens (including phenoxy) is 1. The molecule has 2 aliphatic rings. The molecule has 29 heavy (non-hydrogen) atoms. The summed E-state index contributed by atoms with van der Waals surface area (Å²) in [7, 11) is 0. The van der Waals surface area contributed by atoms with Crippen molar-refractivity contribution >= 4 is 29.6 Å². The summed E-state index contributed by atoms with van der Waals surface area (Å²) in [6, 6.07) is 15.6. The molecule has 2 aromatic carbocycles. The minimum atomic E-state index is -1.02. The third-order valence-corrected chi connectivity index (χ3v) is 6.42. The van der Waals surface area contributed by atoms with Gasteiger partial charge in [-0.25, -0.2) is 4.79 Å². The third-order valence-electron chi connectivity index (χ3n) is 5.41. The summed E-state index contributed by atoms with van der Waals surface area (Å²) in [6.07, 6.45) is -0.822. The van der Waals surface area contributed by atoms with E-state index in [4.69, 9.17) is 9.84 Å². The molecule has 0 saturated carbocycles. The van der Waals surface area contributed by atoms with Gasteiger partial charge >= 0.3 is 12.1 Å². The second-order valence-electron chi connectivity index (χ2n) is 7.15. The molecule has 0 unspecified atom stereocenters. The highest BCUT2D eigenvalue weighted by Gasteiger charge is 2.36. The summed E-state index contributed by atoms with van der Waals surface area (Å²) in [6.45, 7) is 0.198. The topological polar surface area (TPSA) is 83.9 Å². The van der Waals surface area contributed by atoms with Crippen molar-refractivity contribution in [3.63, 3.8) is 0 Å². The van der Waals surface area contributed by atoms with Crippen molar-refractivity contribution in [1.82, 2.24) is 4.90 Å². The zero-order valence-electron chi connectivity index (χ0n) is 15.7. The Labute approximate surface area is 172 Å². The van der Waals surface area contributed by atoms with Gasteiger partial charge in [-0.15, -0.1) is 11.8 Å². The average Bonchev–Trinajstić information content (AvgIpc) is 3.34. The lowest BCUT2D eigenvalue weighted by Crippen LogP contribution is -2.42. The normalized spacial score (nSPS) is 17.7. The van der Waals surface area contributed by atoms with Crippen LogP contribution in [0.1, 0.15) is 29.9 Å². The van der Waals surface area contributed by atoms with Crippen LogP contribution in [0.25, 0.3) is 11.1 Å². The molecule has 7 heteroatoms. The fraction of sp³-hybridized carbons (Fsp3) is 0.318. The second kappa shape index (κ2) is 8.29. The maximum absolute atomic E-state index is 12.7. The number of hydrogen-bond donors (Lipinski definition) is 1. The van der Waals surface area contributed by atoms with Crippen molar-refractivity contribution in [2.75, 3.05) is 18.2 Å². The van der Waals surface area contributed by atoms with Crippen LogP contribution in [0.15, 0.2) is 48.5 Å². The Morgan fingerprint density at radius 3 is 2.24 bits per heavy atom. The Morgan fingerprint density at radius 2 is 1.62 bits per heavy atom. The van der Waals surface area contributed by atoms with Crippen LogP contribution in [0.4, 0.5) is 4.79 Å². The van der Waals surface area contributed by atoms with E-state index in [1.807, 2.05) is 24.3 Å². The van der Waals surface area contributed by atoms with Crippen LogP contribution in [0.2, 0.25) is 0 Å². The van der Waals surface area contributed by atoms with E-state index in [0.717, 1.165) is 22.3 Å². The van der Waals surface area contributed by atoms with Gasteiger partial charge in [0.1, 0.15) is 12.6 Å². The van der Waals surface area contributed by atoms with Gasteiger partial charge in [0.15, 0.2) is 5.78 Å². The highest BCUT2D eigenvalue weighted by Crippen LogP contribution is 2.44. The lowest BCUT2D eigenvalue weighted by atomic mass is 9.98. The van der Waals surface area contributed by atoms with E-state index >= 15 is 0 Å². The zero-order chi connectivity index (χ0) is 20.4. The number of carbonyl (C=O) groups excluding carboxylic acids is 2. The maximum atomic E-state index is 12.7. The van der Waals surface area contributed by atoms with Crippen molar-refractivity contribution in [3.8, 4) is 11.1 Å². The molecule has 1 aliphatic heterocycles. The first kappa shape index (κ1) is 19.5. The van der Waals surface area contributed by atoms with E-state index in [-0.39, 0.29) is 31.1 Å². The fourth-order valence-electron chi connectivity index (χ4n) is 3.96. The first-order chi connectivity index (χ1) is 14.1. The molecule has 1 amide bonds. The number of nitrogens with zero attached hydrogens (tertiary/aromatic N) is 1. The number of hydrogen-bond acceptors (Lipinski definition) is 5. The summed E-state index contributed by atoms with van der Waals surface area (Å²) in [5.41, 5.74) is 4.57. The van der Waals surface area contributed by atoms with Gasteiger partial charge in [-0.2, -0.15) is 0 Å². The molecule has 1 fully saturated rings. The van der Waals surface area contributed by atoms with Crippen LogP contribution in [0, 0.1) is 0 Å². The Balaban J connectivity index is 1.44. The van der Waals surface area contributed by atoms with Crippen LogP contribution in [-0.4, -0.2) is 52.1 Å². The van der Waals surface area contributed by atoms with Crippen molar-refractivity contribution in [3.05, 3.63) is 59.7 Å². The van der Waals surface area contributed by atoms with E-state index in [1.165, 1.54) is 16.7 Å². The predicted molar refractivity (Wildman–Crippen MR) is 110 cm³/mol. The number of carboxylic acids is 1. The first-order valence-corrected chi connectivity index (χ1v) is 10.7. The van der Waals surface area contributed by atoms with E-state index in [1.54, 1.807) is 0 Å². The molecule has 0 aromatic heterocycles. The van der Waals surface area contributed by atoms with E-state index in [2.05, 4.69) is 24.3 Å². The summed E-state index contributed by atoms with van der Waals surface area (Å²) in [4.78, 5) is 37.2. The molecule has 1 atom stereocenters. The summed E-state index contributed by atoms with van der Waals surface area (Å²) >= 11 is 1.47. The zero-order valence-corrected chi connectivity index (χ0v) is 16.6. The maximum Gasteiger partial charge on any atom is 0.411 e. The number of Topliss-reactive ketones (excluding diaryl/α,β-unsaturated/α-hetero) is 1. The van der Waals surface area contributed by atoms with Crippen LogP contribution >= 0.6 is 11.8 Å². The molecular weight excluding hydrogens is 390 g/mol. The largest absolute Gasteiger partial charge is 0.481 e. The number of fused-ring (bicyclic) bond motifs is 3. The number of carbonyl (C=O) groups is 3. The first-order valence-electron chi connectivity index (χ1n) is 9.50. The average molecular weight is 411 g/mol. The van der Waals surface area contributed by atoms with E-state index < -0.39 is 18.1 Å². The monoisotopic (exact) mass is 411 g/mol. The molecule has 1 saturated heterocycles. The molecule has 2 aromatic rings. The van der Waals surface area contributed by atoms with Crippen molar-refractivity contribution in [2.45, 2.75) is 24.8 Å². The highest BCUT2D eigenvalue weighted by atomic mass is 32.2. The highest BCUT2D eigenvalue weighted by molar-refractivity contribution is 7.99. The van der Waals surface area contributed by atoms with E-state index in [9.17, 15) is 14.4 Å². The van der Waals surface area contributed by atoms with Crippen LogP contribution in [-0.2, 0) is 14.3 Å². The van der Waals surface area contributed by atoms with Gasteiger partial charge in [-0.3, -0.25) is 14.5 Å². The standard InChI is InChI=1S/C22H21NO5S/c24-20(9-10-21(25)26)19-12-29-13-23(19)22(27)28-11-18-16-7-3-1-5-14(16)15-6-2-4-8-17(15)18/h1-8,18-19H,9-13H2,(H,25,26)/t19-/m0/s1. The molecule has 1 N–H and O–H groups in total. The third kappa shape index (κ3) is 3.87. The number of rotatable bonds is 6. The smallest absolute Gasteiger partial charge is 0.411 e. The second-order valence-corrected chi connectivity index (χ2v) is 8.15. The molecule has 0 bridgehead atoms. The molecule has 1 aliphatic carbocycles. The number of benzene rings is 2. The number of aliphatic carboxylic acids is 1. The molecule has 6 nitrogen and oxygen atoms in total. The van der Waals surface area contributed by atoms with Gasteiger partial charge < -0.3 is 9.84 Å². The minimum absolute atomic E-state index is 0.0391. The Hall–Kier alpha value is -2.80. The molecule has 0 radical (unpaired) electrons. The molecule has 150 valence electrons. The summed E-state index contributed by atoms with van der Waals surface area (Å²) in [5.74, 6) is -0.437. The SMILES string of the molecule is O=C(O)CCC(=O)[C@@H]1CSCN1C(=O)OCC1c2ccccc2-c2ccccc21. The van der Waals surface area contributed by atoms with Crippen molar-refractivity contribution in [1.29, 1.82) is 0 Å². The minimum Gasteiger partial charge on any atom is -0.481 e. The fourth-order valence-corrected chi connectivity index (χ4v) is 5.14. The lowest BCUT2D eigenvalue weighted by Gasteiger charge is -2.23. The van der Waals surface area contributed by atoms with Crippen LogP contribution in [0.5, 0.6) is 0 Å². The molecule has 4 rings (SSSR count).